The summed E-state index contributed by atoms with van der Waals surface area (Å²) in [5.41, 5.74) is 3.85. The van der Waals surface area contributed by atoms with Crippen LogP contribution in [0.15, 0.2) is 22.6 Å². The van der Waals surface area contributed by atoms with E-state index in [0.717, 1.165) is 65.1 Å². The van der Waals surface area contributed by atoms with Crippen LogP contribution < -0.4 is 4.74 Å². The van der Waals surface area contributed by atoms with Gasteiger partial charge in [-0.3, -0.25) is 4.79 Å². The Bertz CT molecular complexity index is 839. The van der Waals surface area contributed by atoms with E-state index in [0.29, 0.717) is 12.5 Å². The molecule has 0 unspecified atom stereocenters. The third-order valence-electron chi connectivity index (χ3n) is 5.44. The van der Waals surface area contributed by atoms with E-state index in [-0.39, 0.29) is 5.91 Å². The molecule has 0 atom stereocenters. The molecule has 3 rings (SSSR count). The van der Waals surface area contributed by atoms with Crippen molar-refractivity contribution in [2.75, 3.05) is 19.7 Å². The Morgan fingerprint density at radius 2 is 2.00 bits per heavy atom. The number of nitrogens with zero attached hydrogens (tertiary/aromatic N) is 1. The summed E-state index contributed by atoms with van der Waals surface area (Å²) in [7, 11) is 0. The highest BCUT2D eigenvalue weighted by Crippen LogP contribution is 2.35. The molecule has 0 bridgehead atoms. The van der Waals surface area contributed by atoms with E-state index in [4.69, 9.17) is 9.15 Å². The first-order valence-corrected chi connectivity index (χ1v) is 9.54. The van der Waals surface area contributed by atoms with Gasteiger partial charge < -0.3 is 14.1 Å². The topological polar surface area (TPSA) is 42.7 Å². The molecular weight excluding hydrogens is 326 g/mol. The highest BCUT2D eigenvalue weighted by atomic mass is 16.5. The maximum absolute atomic E-state index is 12.7. The monoisotopic (exact) mass is 355 g/mol. The number of amides is 1. The van der Waals surface area contributed by atoms with Gasteiger partial charge in [-0.05, 0) is 63.7 Å². The van der Waals surface area contributed by atoms with Crippen LogP contribution in [0, 0.1) is 19.8 Å². The molecule has 2 heterocycles. The summed E-state index contributed by atoms with van der Waals surface area (Å²) < 4.78 is 11.7. The summed E-state index contributed by atoms with van der Waals surface area (Å²) in [5, 5.41) is 1.08. The van der Waals surface area contributed by atoms with Gasteiger partial charge in [-0.25, -0.2) is 0 Å². The first-order chi connectivity index (χ1) is 12.4. The number of hydrogen-bond donors (Lipinski definition) is 0. The number of fused-ring (bicyclic) bond motifs is 1. The van der Waals surface area contributed by atoms with Crippen molar-refractivity contribution in [3.63, 3.8) is 0 Å². The van der Waals surface area contributed by atoms with Crippen molar-refractivity contribution in [1.29, 1.82) is 0 Å². The van der Waals surface area contributed by atoms with E-state index in [1.807, 2.05) is 31.7 Å². The first-order valence-electron chi connectivity index (χ1n) is 9.54. The van der Waals surface area contributed by atoms with Gasteiger partial charge in [-0.2, -0.15) is 0 Å². The number of aryl methyl sites for hydroxylation is 2. The number of carbonyl (C=O) groups is 1. The fourth-order valence-corrected chi connectivity index (χ4v) is 3.54. The Morgan fingerprint density at radius 1 is 1.31 bits per heavy atom. The van der Waals surface area contributed by atoms with E-state index >= 15 is 0 Å². The molecule has 4 heteroatoms. The number of allylic oxidation sites excluding steroid dienone is 1. The first kappa shape index (κ1) is 18.6. The van der Waals surface area contributed by atoms with Crippen LogP contribution in [0.4, 0.5) is 0 Å². The molecule has 1 aromatic carbocycles. The van der Waals surface area contributed by atoms with E-state index in [1.54, 1.807) is 6.08 Å². The van der Waals surface area contributed by atoms with Gasteiger partial charge in [0.05, 0.1) is 6.61 Å². The smallest absolute Gasteiger partial charge is 0.246 e. The van der Waals surface area contributed by atoms with E-state index in [2.05, 4.69) is 19.9 Å². The van der Waals surface area contributed by atoms with Gasteiger partial charge >= 0.3 is 0 Å². The second-order valence-electron chi connectivity index (χ2n) is 7.40. The lowest BCUT2D eigenvalue weighted by Crippen LogP contribution is -2.36. The lowest BCUT2D eigenvalue weighted by molar-refractivity contribution is -0.127. The quantitative estimate of drug-likeness (QED) is 0.716. The molecule has 1 aliphatic rings. The molecule has 140 valence electrons. The molecule has 0 aliphatic carbocycles. The van der Waals surface area contributed by atoms with Crippen molar-refractivity contribution in [1.82, 2.24) is 4.90 Å². The largest absolute Gasteiger partial charge is 0.493 e. The minimum atomic E-state index is 0.0945. The Balaban J connectivity index is 1.95. The van der Waals surface area contributed by atoms with Gasteiger partial charge in [0, 0.05) is 36.2 Å². The van der Waals surface area contributed by atoms with E-state index < -0.39 is 0 Å². The minimum absolute atomic E-state index is 0.0945. The van der Waals surface area contributed by atoms with Crippen LogP contribution in [0.25, 0.3) is 16.5 Å². The van der Waals surface area contributed by atoms with Crippen LogP contribution in [-0.4, -0.2) is 30.5 Å². The minimum Gasteiger partial charge on any atom is -0.493 e. The number of piperidine rings is 1. The van der Waals surface area contributed by atoms with Gasteiger partial charge in [0.2, 0.25) is 5.91 Å². The summed E-state index contributed by atoms with van der Waals surface area (Å²) in [6.45, 7) is 12.5. The summed E-state index contributed by atoms with van der Waals surface area (Å²) in [6.07, 6.45) is 3.92. The third kappa shape index (κ3) is 3.64. The Hall–Kier alpha value is -2.23. The summed E-state index contributed by atoms with van der Waals surface area (Å²) >= 11 is 0. The van der Waals surface area contributed by atoms with Crippen LogP contribution >= 0.6 is 0 Å². The number of ether oxygens (including phenoxy) is 1. The van der Waals surface area contributed by atoms with Crippen molar-refractivity contribution in [3.8, 4) is 5.75 Å². The predicted molar refractivity (Wildman–Crippen MR) is 105 cm³/mol. The molecule has 0 saturated carbocycles. The Kier molecular flexibility index (Phi) is 5.40. The van der Waals surface area contributed by atoms with Crippen molar-refractivity contribution >= 4 is 22.4 Å². The average Bonchev–Trinajstić information content (AvgIpc) is 2.88. The normalized spacial score (nSPS) is 16.3. The van der Waals surface area contributed by atoms with Gasteiger partial charge in [0.15, 0.2) is 0 Å². The molecular formula is C22H29NO3. The number of rotatable bonds is 4. The number of likely N-dealkylation sites (tertiary alicyclic amines) is 1. The molecule has 0 N–H and O–H groups in total. The lowest BCUT2D eigenvalue weighted by Gasteiger charge is -2.29. The molecule has 1 aromatic heterocycles. The van der Waals surface area contributed by atoms with Crippen molar-refractivity contribution in [2.24, 2.45) is 5.92 Å². The standard InChI is InChI=1S/C22H29NO3/c1-6-25-20-13-21-19(16(4)17(5)26-21)12-18(20)15(3)11-22(24)23-9-7-14(2)8-10-23/h11-14H,6-10H2,1-5H3/b15-11+. The molecule has 0 spiro atoms. The number of furan rings is 1. The maximum Gasteiger partial charge on any atom is 0.246 e. The zero-order chi connectivity index (χ0) is 18.8. The number of benzene rings is 1. The van der Waals surface area contributed by atoms with Crippen LogP contribution in [0.2, 0.25) is 0 Å². The van der Waals surface area contributed by atoms with Crippen molar-refractivity contribution < 1.29 is 13.9 Å². The van der Waals surface area contributed by atoms with Crippen LogP contribution in [0.3, 0.4) is 0 Å². The van der Waals surface area contributed by atoms with E-state index in [1.165, 1.54) is 0 Å². The number of carbonyl (C=O) groups excluding carboxylic acids is 1. The highest BCUT2D eigenvalue weighted by Gasteiger charge is 2.20. The van der Waals surface area contributed by atoms with Gasteiger partial charge in [-0.1, -0.05) is 6.92 Å². The van der Waals surface area contributed by atoms with Gasteiger partial charge in [0.1, 0.15) is 17.1 Å². The molecule has 1 aliphatic heterocycles. The van der Waals surface area contributed by atoms with Crippen LogP contribution in [-0.2, 0) is 4.79 Å². The van der Waals surface area contributed by atoms with Gasteiger partial charge in [0.25, 0.3) is 0 Å². The summed E-state index contributed by atoms with van der Waals surface area (Å²) in [6, 6.07) is 4.03. The zero-order valence-corrected chi connectivity index (χ0v) is 16.5. The fourth-order valence-electron chi connectivity index (χ4n) is 3.54. The Morgan fingerprint density at radius 3 is 2.65 bits per heavy atom. The molecule has 1 saturated heterocycles. The second kappa shape index (κ2) is 7.56. The molecule has 4 nitrogen and oxygen atoms in total. The molecule has 26 heavy (non-hydrogen) atoms. The summed E-state index contributed by atoms with van der Waals surface area (Å²) in [4.78, 5) is 14.6. The van der Waals surface area contributed by atoms with Crippen LogP contribution in [0.1, 0.15) is 50.5 Å². The molecule has 0 radical (unpaired) electrons. The second-order valence-corrected chi connectivity index (χ2v) is 7.40. The molecule has 1 amide bonds. The summed E-state index contributed by atoms with van der Waals surface area (Å²) in [5.74, 6) is 2.49. The van der Waals surface area contributed by atoms with Crippen molar-refractivity contribution in [3.05, 3.63) is 35.1 Å². The number of hydrogen-bond acceptors (Lipinski definition) is 3. The SMILES string of the molecule is CCOc1cc2oc(C)c(C)c2cc1/C(C)=C/C(=O)N1CCC(C)CC1. The Labute approximate surface area is 155 Å². The molecule has 1 fully saturated rings. The predicted octanol–water partition coefficient (Wildman–Crippen LogP) is 5.11. The van der Waals surface area contributed by atoms with Gasteiger partial charge in [-0.15, -0.1) is 0 Å². The highest BCUT2D eigenvalue weighted by molar-refractivity contribution is 5.97. The lowest BCUT2D eigenvalue weighted by atomic mass is 9.98. The maximum atomic E-state index is 12.7. The fraction of sp³-hybridized carbons (Fsp3) is 0.500. The average molecular weight is 355 g/mol. The third-order valence-corrected chi connectivity index (χ3v) is 5.44. The van der Waals surface area contributed by atoms with Crippen molar-refractivity contribution in [2.45, 2.75) is 47.5 Å². The zero-order valence-electron chi connectivity index (χ0n) is 16.5. The van der Waals surface area contributed by atoms with Crippen LogP contribution in [0.5, 0.6) is 5.75 Å². The molecule has 2 aromatic rings. The van der Waals surface area contributed by atoms with E-state index in [9.17, 15) is 4.79 Å².